The first-order valence-corrected chi connectivity index (χ1v) is 5.68. The molecule has 0 saturated carbocycles. The number of hydrogen-bond donors (Lipinski definition) is 0. The largest absolute Gasteiger partial charge is 0.416 e. The molecule has 0 aromatic carbocycles. The van der Waals surface area contributed by atoms with Crippen molar-refractivity contribution in [3.05, 3.63) is 12.3 Å². The highest BCUT2D eigenvalue weighted by molar-refractivity contribution is 5.68. The SMILES string of the molecule is C=C(C)OC(=O)N1CCN(C(C)(C)C)CC1. The highest BCUT2D eigenvalue weighted by Crippen LogP contribution is 2.16. The molecule has 1 saturated heterocycles. The van der Waals surface area contributed by atoms with Crippen molar-refractivity contribution >= 4 is 6.09 Å². The van der Waals surface area contributed by atoms with Gasteiger partial charge in [0.15, 0.2) is 0 Å². The Bertz CT molecular complexity index is 273. The molecule has 1 fully saturated rings. The summed E-state index contributed by atoms with van der Waals surface area (Å²) in [6, 6.07) is 0. The molecular weight excluding hydrogens is 204 g/mol. The smallest absolute Gasteiger partial charge is 0.414 e. The number of amides is 1. The molecule has 0 aromatic rings. The second-order valence-electron chi connectivity index (χ2n) is 5.21. The van der Waals surface area contributed by atoms with Gasteiger partial charge in [-0.1, -0.05) is 6.58 Å². The third-order valence-corrected chi connectivity index (χ3v) is 2.75. The lowest BCUT2D eigenvalue weighted by molar-refractivity contribution is 0.0552. The van der Waals surface area contributed by atoms with Crippen LogP contribution in [0.15, 0.2) is 12.3 Å². The van der Waals surface area contributed by atoms with Crippen LogP contribution >= 0.6 is 0 Å². The van der Waals surface area contributed by atoms with E-state index in [1.165, 1.54) is 0 Å². The van der Waals surface area contributed by atoms with Crippen molar-refractivity contribution < 1.29 is 9.53 Å². The maximum absolute atomic E-state index is 11.6. The van der Waals surface area contributed by atoms with Crippen molar-refractivity contribution in [1.82, 2.24) is 9.80 Å². The molecule has 0 aliphatic carbocycles. The first-order valence-electron chi connectivity index (χ1n) is 5.68. The van der Waals surface area contributed by atoms with E-state index in [9.17, 15) is 4.79 Å². The molecule has 1 rings (SSSR count). The van der Waals surface area contributed by atoms with Gasteiger partial charge in [0.1, 0.15) is 0 Å². The van der Waals surface area contributed by atoms with Crippen LogP contribution in [0.3, 0.4) is 0 Å². The Morgan fingerprint density at radius 1 is 1.19 bits per heavy atom. The maximum Gasteiger partial charge on any atom is 0.414 e. The van der Waals surface area contributed by atoms with Crippen LogP contribution in [-0.2, 0) is 4.74 Å². The van der Waals surface area contributed by atoms with E-state index in [2.05, 4.69) is 32.3 Å². The molecule has 1 aliphatic heterocycles. The standard InChI is InChI=1S/C12H22N2O2/c1-10(2)16-11(15)13-6-8-14(9-7-13)12(3,4)5/h1,6-9H2,2-5H3. The third kappa shape index (κ3) is 3.52. The zero-order valence-electron chi connectivity index (χ0n) is 10.7. The van der Waals surface area contributed by atoms with E-state index in [1.54, 1.807) is 11.8 Å². The first-order chi connectivity index (χ1) is 7.30. The third-order valence-electron chi connectivity index (χ3n) is 2.75. The number of carbonyl (C=O) groups excluding carboxylic acids is 1. The van der Waals surface area contributed by atoms with Crippen molar-refractivity contribution in [2.45, 2.75) is 33.2 Å². The molecule has 0 spiro atoms. The zero-order valence-corrected chi connectivity index (χ0v) is 10.7. The molecule has 92 valence electrons. The minimum atomic E-state index is -0.277. The Kier molecular flexibility index (Phi) is 3.97. The topological polar surface area (TPSA) is 32.8 Å². The first kappa shape index (κ1) is 13.0. The van der Waals surface area contributed by atoms with Crippen molar-refractivity contribution in [3.63, 3.8) is 0 Å². The molecule has 0 bridgehead atoms. The van der Waals surface area contributed by atoms with E-state index in [0.717, 1.165) is 26.2 Å². The quantitative estimate of drug-likeness (QED) is 0.642. The van der Waals surface area contributed by atoms with E-state index in [-0.39, 0.29) is 11.6 Å². The molecule has 0 unspecified atom stereocenters. The monoisotopic (exact) mass is 226 g/mol. The van der Waals surface area contributed by atoms with Crippen molar-refractivity contribution in [2.24, 2.45) is 0 Å². The summed E-state index contributed by atoms with van der Waals surface area (Å²) in [4.78, 5) is 15.7. The van der Waals surface area contributed by atoms with Gasteiger partial charge in [-0.15, -0.1) is 0 Å². The van der Waals surface area contributed by atoms with Crippen molar-refractivity contribution in [1.29, 1.82) is 0 Å². The van der Waals surface area contributed by atoms with Crippen LogP contribution < -0.4 is 0 Å². The van der Waals surface area contributed by atoms with Crippen LogP contribution in [0.5, 0.6) is 0 Å². The molecule has 0 atom stereocenters. The Labute approximate surface area is 97.9 Å². The van der Waals surface area contributed by atoms with Crippen LogP contribution in [0, 0.1) is 0 Å². The van der Waals surface area contributed by atoms with Gasteiger partial charge < -0.3 is 9.64 Å². The number of carbonyl (C=O) groups is 1. The van der Waals surface area contributed by atoms with Crippen LogP contribution in [0.4, 0.5) is 4.79 Å². The summed E-state index contributed by atoms with van der Waals surface area (Å²) in [5.41, 5.74) is 0.171. The van der Waals surface area contributed by atoms with Gasteiger partial charge >= 0.3 is 6.09 Å². The van der Waals surface area contributed by atoms with Crippen LogP contribution in [0.1, 0.15) is 27.7 Å². The average Bonchev–Trinajstić information content (AvgIpc) is 2.15. The number of allylic oxidation sites excluding steroid dienone is 1. The predicted octanol–water partition coefficient (Wildman–Crippen LogP) is 2.07. The van der Waals surface area contributed by atoms with Crippen molar-refractivity contribution in [3.8, 4) is 0 Å². The maximum atomic E-state index is 11.6. The van der Waals surface area contributed by atoms with E-state index in [4.69, 9.17) is 4.74 Å². The fourth-order valence-corrected chi connectivity index (χ4v) is 1.77. The Hall–Kier alpha value is -1.03. The lowest BCUT2D eigenvalue weighted by Crippen LogP contribution is -2.54. The minimum Gasteiger partial charge on any atom is -0.416 e. The van der Waals surface area contributed by atoms with Gasteiger partial charge in [0.05, 0.1) is 5.76 Å². The molecule has 1 heterocycles. The molecule has 0 N–H and O–H groups in total. The van der Waals surface area contributed by atoms with Gasteiger partial charge in [0.2, 0.25) is 0 Å². The minimum absolute atomic E-state index is 0.171. The summed E-state index contributed by atoms with van der Waals surface area (Å²) in [6.07, 6.45) is -0.277. The molecular formula is C12H22N2O2. The van der Waals surface area contributed by atoms with Gasteiger partial charge in [-0.2, -0.15) is 0 Å². The molecule has 1 aliphatic rings. The molecule has 0 radical (unpaired) electrons. The van der Waals surface area contributed by atoms with Crippen molar-refractivity contribution in [2.75, 3.05) is 26.2 Å². The summed E-state index contributed by atoms with van der Waals surface area (Å²) in [7, 11) is 0. The average molecular weight is 226 g/mol. The Morgan fingerprint density at radius 3 is 2.06 bits per heavy atom. The van der Waals surface area contributed by atoms with Crippen LogP contribution in [0.2, 0.25) is 0 Å². The molecule has 1 amide bonds. The van der Waals surface area contributed by atoms with Crippen LogP contribution in [-0.4, -0.2) is 47.6 Å². The molecule has 0 aromatic heterocycles. The Morgan fingerprint density at radius 2 is 1.69 bits per heavy atom. The second-order valence-corrected chi connectivity index (χ2v) is 5.21. The number of nitrogens with zero attached hydrogens (tertiary/aromatic N) is 2. The second kappa shape index (κ2) is 4.87. The van der Waals surface area contributed by atoms with E-state index in [1.807, 2.05) is 0 Å². The molecule has 4 nitrogen and oxygen atoms in total. The van der Waals surface area contributed by atoms with E-state index >= 15 is 0 Å². The highest BCUT2D eigenvalue weighted by Gasteiger charge is 2.28. The zero-order chi connectivity index (χ0) is 12.3. The van der Waals surface area contributed by atoms with Crippen LogP contribution in [0.25, 0.3) is 0 Å². The number of hydrogen-bond acceptors (Lipinski definition) is 3. The Balaban J connectivity index is 2.43. The fraction of sp³-hybridized carbons (Fsp3) is 0.750. The number of ether oxygens (including phenoxy) is 1. The summed E-state index contributed by atoms with van der Waals surface area (Å²) in [5, 5.41) is 0. The summed E-state index contributed by atoms with van der Waals surface area (Å²) < 4.78 is 4.98. The number of rotatable bonds is 1. The summed E-state index contributed by atoms with van der Waals surface area (Å²) >= 11 is 0. The van der Waals surface area contributed by atoms with E-state index in [0.29, 0.717) is 5.76 Å². The normalized spacial score (nSPS) is 18.4. The molecule has 4 heteroatoms. The lowest BCUT2D eigenvalue weighted by atomic mass is 10.1. The van der Waals surface area contributed by atoms with Gasteiger partial charge in [-0.25, -0.2) is 4.79 Å². The van der Waals surface area contributed by atoms with E-state index < -0.39 is 0 Å². The lowest BCUT2D eigenvalue weighted by Gasteiger charge is -2.41. The van der Waals surface area contributed by atoms with Gasteiger partial charge in [0, 0.05) is 31.7 Å². The predicted molar refractivity (Wildman–Crippen MR) is 64.2 cm³/mol. The molecule has 16 heavy (non-hydrogen) atoms. The van der Waals surface area contributed by atoms with Gasteiger partial charge in [0.25, 0.3) is 0 Å². The summed E-state index contributed by atoms with van der Waals surface area (Å²) in [6.45, 7) is 15.1. The summed E-state index contributed by atoms with van der Waals surface area (Å²) in [5.74, 6) is 0.447. The van der Waals surface area contributed by atoms with Gasteiger partial charge in [-0.3, -0.25) is 4.90 Å². The number of piperazine rings is 1. The fourth-order valence-electron chi connectivity index (χ4n) is 1.77. The highest BCUT2D eigenvalue weighted by atomic mass is 16.6. The van der Waals surface area contributed by atoms with Gasteiger partial charge in [-0.05, 0) is 27.7 Å².